The van der Waals surface area contributed by atoms with Gasteiger partial charge in [0.25, 0.3) is 5.91 Å². The fourth-order valence-corrected chi connectivity index (χ4v) is 2.92. The molecule has 6 heteroatoms. The van der Waals surface area contributed by atoms with Crippen molar-refractivity contribution in [1.82, 2.24) is 0 Å². The number of rotatable bonds is 6. The zero-order valence-corrected chi connectivity index (χ0v) is 17.7. The lowest BCUT2D eigenvalue weighted by Crippen LogP contribution is -2.28. The number of hydrogen-bond donors (Lipinski definition) is 0. The van der Waals surface area contributed by atoms with Crippen LogP contribution in [0.5, 0.6) is 11.5 Å². The van der Waals surface area contributed by atoms with Gasteiger partial charge in [0.1, 0.15) is 11.5 Å². The largest absolute Gasteiger partial charge is 0.479 e. The van der Waals surface area contributed by atoms with E-state index < -0.39 is 12.1 Å². The van der Waals surface area contributed by atoms with Gasteiger partial charge in [-0.15, -0.1) is 0 Å². The number of halogens is 1. The highest BCUT2D eigenvalue weighted by Crippen LogP contribution is 2.22. The van der Waals surface area contributed by atoms with Crippen LogP contribution in [0.15, 0.2) is 72.8 Å². The highest BCUT2D eigenvalue weighted by molar-refractivity contribution is 6.30. The van der Waals surface area contributed by atoms with Crippen molar-refractivity contribution in [2.45, 2.75) is 20.0 Å². The predicted octanol–water partition coefficient (Wildman–Crippen LogP) is 5.30. The Balaban J connectivity index is 1.61. The van der Waals surface area contributed by atoms with Crippen LogP contribution in [-0.2, 0) is 4.79 Å². The summed E-state index contributed by atoms with van der Waals surface area (Å²) in [7, 11) is 1.70. The first-order valence-corrected chi connectivity index (χ1v) is 9.80. The first-order chi connectivity index (χ1) is 14.3. The van der Waals surface area contributed by atoms with Crippen molar-refractivity contribution in [2.75, 3.05) is 11.9 Å². The molecule has 3 aromatic rings. The van der Waals surface area contributed by atoms with Crippen molar-refractivity contribution in [3.8, 4) is 11.5 Å². The minimum absolute atomic E-state index is 0.122. The van der Waals surface area contributed by atoms with Crippen LogP contribution < -0.4 is 14.4 Å². The van der Waals surface area contributed by atoms with E-state index in [-0.39, 0.29) is 5.91 Å². The summed E-state index contributed by atoms with van der Waals surface area (Å²) in [5, 5.41) is 0.521. The second kappa shape index (κ2) is 9.46. The molecule has 0 N–H and O–H groups in total. The zero-order valence-electron chi connectivity index (χ0n) is 17.0. The number of benzene rings is 3. The number of esters is 1. The van der Waals surface area contributed by atoms with Crippen LogP contribution in [0.1, 0.15) is 22.8 Å². The number of nitrogens with zero attached hydrogens (tertiary/aromatic N) is 1. The molecule has 0 aliphatic heterocycles. The Labute approximate surface area is 180 Å². The van der Waals surface area contributed by atoms with Gasteiger partial charge in [-0.2, -0.15) is 0 Å². The number of hydrogen-bond acceptors (Lipinski definition) is 4. The predicted molar refractivity (Wildman–Crippen MR) is 118 cm³/mol. The van der Waals surface area contributed by atoms with Crippen LogP contribution in [0, 0.1) is 6.92 Å². The molecule has 0 aliphatic carbocycles. The van der Waals surface area contributed by atoms with E-state index in [2.05, 4.69) is 0 Å². The van der Waals surface area contributed by atoms with E-state index in [0.717, 1.165) is 5.56 Å². The first kappa shape index (κ1) is 21.4. The topological polar surface area (TPSA) is 55.8 Å². The van der Waals surface area contributed by atoms with Gasteiger partial charge in [-0.25, -0.2) is 4.79 Å². The molecule has 0 spiro atoms. The third-order valence-corrected chi connectivity index (χ3v) is 4.72. The smallest absolute Gasteiger partial charge is 0.352 e. The van der Waals surface area contributed by atoms with Gasteiger partial charge in [0.15, 0.2) is 6.10 Å². The Morgan fingerprint density at radius 2 is 1.60 bits per heavy atom. The average molecular weight is 424 g/mol. The molecular formula is C24H22ClNO4. The number of aryl methyl sites for hydroxylation is 1. The molecule has 3 aromatic carbocycles. The maximum atomic E-state index is 12.6. The number of carbonyl (C=O) groups excluding carboxylic acids is 2. The third-order valence-electron chi connectivity index (χ3n) is 4.49. The Kier molecular flexibility index (Phi) is 6.75. The Morgan fingerprint density at radius 3 is 2.23 bits per heavy atom. The summed E-state index contributed by atoms with van der Waals surface area (Å²) < 4.78 is 10.9. The van der Waals surface area contributed by atoms with Crippen LogP contribution in [0.25, 0.3) is 0 Å². The quantitative estimate of drug-likeness (QED) is 0.399. The summed E-state index contributed by atoms with van der Waals surface area (Å²) in [5.41, 5.74) is 2.38. The van der Waals surface area contributed by atoms with Crippen molar-refractivity contribution in [2.24, 2.45) is 0 Å². The van der Waals surface area contributed by atoms with E-state index in [1.807, 2.05) is 19.1 Å². The van der Waals surface area contributed by atoms with Gasteiger partial charge < -0.3 is 14.4 Å². The molecule has 0 heterocycles. The second-order valence-corrected chi connectivity index (χ2v) is 7.30. The minimum Gasteiger partial charge on any atom is -0.479 e. The standard InChI is InChI=1S/C24H22ClNO4/c1-16-7-9-18(10-8-16)23(27)26(3)20-11-13-21(14-12-20)30-24(28)17(2)29-22-6-4-5-19(25)15-22/h4-15,17H,1-3H3. The van der Waals surface area contributed by atoms with E-state index in [4.69, 9.17) is 21.1 Å². The Morgan fingerprint density at radius 1 is 0.933 bits per heavy atom. The summed E-state index contributed by atoms with van der Waals surface area (Å²) in [4.78, 5) is 26.5. The normalized spacial score (nSPS) is 11.5. The molecular weight excluding hydrogens is 402 g/mol. The maximum absolute atomic E-state index is 12.6. The van der Waals surface area contributed by atoms with Gasteiger partial charge in [-0.3, -0.25) is 4.79 Å². The Hall–Kier alpha value is -3.31. The monoisotopic (exact) mass is 423 g/mol. The molecule has 0 saturated carbocycles. The lowest BCUT2D eigenvalue weighted by Gasteiger charge is -2.18. The molecule has 0 radical (unpaired) electrons. The molecule has 0 bridgehead atoms. The minimum atomic E-state index is -0.811. The van der Waals surface area contributed by atoms with Crippen LogP contribution in [0.2, 0.25) is 5.02 Å². The number of anilines is 1. The number of ether oxygens (including phenoxy) is 2. The van der Waals surface area contributed by atoms with Gasteiger partial charge >= 0.3 is 5.97 Å². The van der Waals surface area contributed by atoms with Crippen molar-refractivity contribution in [3.63, 3.8) is 0 Å². The molecule has 0 saturated heterocycles. The van der Waals surface area contributed by atoms with Crippen molar-refractivity contribution >= 4 is 29.2 Å². The fourth-order valence-electron chi connectivity index (χ4n) is 2.74. The molecule has 1 atom stereocenters. The molecule has 0 aliphatic rings. The van der Waals surface area contributed by atoms with Crippen LogP contribution >= 0.6 is 11.6 Å². The summed E-state index contributed by atoms with van der Waals surface area (Å²) in [5.74, 6) is 0.190. The Bertz CT molecular complexity index is 1030. The summed E-state index contributed by atoms with van der Waals surface area (Å²) in [6, 6.07) is 20.9. The van der Waals surface area contributed by atoms with Crippen molar-refractivity contribution in [3.05, 3.63) is 88.9 Å². The zero-order chi connectivity index (χ0) is 21.7. The summed E-state index contributed by atoms with van der Waals surface area (Å²) >= 11 is 5.92. The molecule has 154 valence electrons. The summed E-state index contributed by atoms with van der Waals surface area (Å²) in [6.07, 6.45) is -0.811. The molecule has 3 rings (SSSR count). The first-order valence-electron chi connectivity index (χ1n) is 9.42. The van der Waals surface area contributed by atoms with E-state index in [1.54, 1.807) is 79.5 Å². The number of amides is 1. The molecule has 30 heavy (non-hydrogen) atoms. The van der Waals surface area contributed by atoms with E-state index in [1.165, 1.54) is 0 Å². The van der Waals surface area contributed by atoms with Crippen molar-refractivity contribution < 1.29 is 19.1 Å². The lowest BCUT2D eigenvalue weighted by atomic mass is 10.1. The van der Waals surface area contributed by atoms with Crippen LogP contribution in [-0.4, -0.2) is 25.0 Å². The highest BCUT2D eigenvalue weighted by atomic mass is 35.5. The molecule has 1 unspecified atom stereocenters. The summed E-state index contributed by atoms with van der Waals surface area (Å²) in [6.45, 7) is 3.57. The second-order valence-electron chi connectivity index (χ2n) is 6.86. The maximum Gasteiger partial charge on any atom is 0.352 e. The molecule has 1 amide bonds. The van der Waals surface area contributed by atoms with Gasteiger partial charge in [0.05, 0.1) is 0 Å². The van der Waals surface area contributed by atoms with Crippen LogP contribution in [0.4, 0.5) is 5.69 Å². The van der Waals surface area contributed by atoms with Crippen LogP contribution in [0.3, 0.4) is 0 Å². The van der Waals surface area contributed by atoms with Crippen molar-refractivity contribution in [1.29, 1.82) is 0 Å². The van der Waals surface area contributed by atoms with E-state index in [0.29, 0.717) is 27.8 Å². The molecule has 5 nitrogen and oxygen atoms in total. The van der Waals surface area contributed by atoms with Gasteiger partial charge in [0.2, 0.25) is 0 Å². The lowest BCUT2D eigenvalue weighted by molar-refractivity contribution is -0.141. The van der Waals surface area contributed by atoms with E-state index in [9.17, 15) is 9.59 Å². The van der Waals surface area contributed by atoms with Gasteiger partial charge in [0, 0.05) is 23.3 Å². The van der Waals surface area contributed by atoms with E-state index >= 15 is 0 Å². The fraction of sp³-hybridized carbons (Fsp3) is 0.167. The third kappa shape index (κ3) is 5.39. The number of carbonyl (C=O) groups is 2. The molecule has 0 aromatic heterocycles. The van der Waals surface area contributed by atoms with Gasteiger partial charge in [-0.1, -0.05) is 35.4 Å². The SMILES string of the molecule is Cc1ccc(C(=O)N(C)c2ccc(OC(=O)C(C)Oc3cccc(Cl)c3)cc2)cc1. The highest BCUT2D eigenvalue weighted by Gasteiger charge is 2.18. The van der Waals surface area contributed by atoms with Gasteiger partial charge in [-0.05, 0) is 68.4 Å². The molecule has 0 fully saturated rings. The average Bonchev–Trinajstić information content (AvgIpc) is 2.74.